The number of pyridine rings is 1. The van der Waals surface area contributed by atoms with Gasteiger partial charge in [-0.15, -0.1) is 0 Å². The third-order valence-electron chi connectivity index (χ3n) is 2.14. The fourth-order valence-corrected chi connectivity index (χ4v) is 3.04. The Balaban J connectivity index is 3.24. The number of nitrogens with zero attached hydrogens (tertiary/aromatic N) is 1. The van der Waals surface area contributed by atoms with Gasteiger partial charge in [0.25, 0.3) is 6.43 Å². The molecule has 0 saturated carbocycles. The van der Waals surface area contributed by atoms with E-state index in [2.05, 4.69) is 25.7 Å². The highest BCUT2D eigenvalue weighted by molar-refractivity contribution is 14.1. The van der Waals surface area contributed by atoms with Crippen LogP contribution in [-0.4, -0.2) is 18.1 Å². The van der Waals surface area contributed by atoms with Gasteiger partial charge < -0.3 is 4.74 Å². The number of carbonyl (C=O) groups excluding carboxylic acids is 1. The van der Waals surface area contributed by atoms with Crippen LogP contribution in [0.2, 0.25) is 0 Å². The lowest BCUT2D eigenvalue weighted by Gasteiger charge is -2.12. The molecule has 0 aliphatic rings. The fourth-order valence-electron chi connectivity index (χ4n) is 1.26. The standard InChI is InChI=1S/C10H9BrF2INO2/c1-17-8(16)2-5-6(10(12)13)4-15-7(3-11)9(5)14/h4,10H,2-3H2,1H3. The molecule has 1 rings (SSSR count). The van der Waals surface area contributed by atoms with Crippen LogP contribution in [0.4, 0.5) is 8.78 Å². The average Bonchev–Trinajstić information content (AvgIpc) is 2.30. The average molecular weight is 420 g/mol. The van der Waals surface area contributed by atoms with Crippen LogP contribution in [0.15, 0.2) is 6.20 Å². The second kappa shape index (κ2) is 6.58. The molecule has 0 aromatic carbocycles. The van der Waals surface area contributed by atoms with Crippen molar-refractivity contribution in [2.75, 3.05) is 7.11 Å². The second-order valence-electron chi connectivity index (χ2n) is 3.14. The zero-order valence-corrected chi connectivity index (χ0v) is 12.6. The van der Waals surface area contributed by atoms with E-state index in [4.69, 9.17) is 0 Å². The number of methoxy groups -OCH3 is 1. The number of aromatic nitrogens is 1. The molecule has 94 valence electrons. The van der Waals surface area contributed by atoms with E-state index in [1.54, 1.807) is 0 Å². The summed E-state index contributed by atoms with van der Waals surface area (Å²) in [5.74, 6) is -0.545. The van der Waals surface area contributed by atoms with Crippen LogP contribution in [0.1, 0.15) is 23.2 Å². The molecule has 1 aromatic heterocycles. The molecule has 0 bridgehead atoms. The van der Waals surface area contributed by atoms with Crippen LogP contribution < -0.4 is 0 Å². The van der Waals surface area contributed by atoms with Crippen molar-refractivity contribution in [1.29, 1.82) is 0 Å². The number of alkyl halides is 3. The van der Waals surface area contributed by atoms with E-state index >= 15 is 0 Å². The number of halogens is 4. The van der Waals surface area contributed by atoms with Crippen LogP contribution in [-0.2, 0) is 21.3 Å². The molecule has 0 unspecified atom stereocenters. The molecule has 0 atom stereocenters. The van der Waals surface area contributed by atoms with Crippen LogP contribution in [0.3, 0.4) is 0 Å². The summed E-state index contributed by atoms with van der Waals surface area (Å²) in [6.07, 6.45) is -1.71. The van der Waals surface area contributed by atoms with Gasteiger partial charge in [0.05, 0.1) is 19.2 Å². The highest BCUT2D eigenvalue weighted by Crippen LogP contribution is 2.28. The van der Waals surface area contributed by atoms with Crippen molar-refractivity contribution in [3.63, 3.8) is 0 Å². The topological polar surface area (TPSA) is 39.2 Å². The van der Waals surface area contributed by atoms with Gasteiger partial charge in [0.15, 0.2) is 0 Å². The quantitative estimate of drug-likeness (QED) is 0.427. The summed E-state index contributed by atoms with van der Waals surface area (Å²) < 4.78 is 30.7. The first-order chi connectivity index (χ1) is 8.01. The Morgan fingerprint density at radius 3 is 2.76 bits per heavy atom. The maximum Gasteiger partial charge on any atom is 0.310 e. The van der Waals surface area contributed by atoms with E-state index in [-0.39, 0.29) is 17.5 Å². The van der Waals surface area contributed by atoms with Crippen molar-refractivity contribution in [3.05, 3.63) is 26.6 Å². The largest absolute Gasteiger partial charge is 0.469 e. The monoisotopic (exact) mass is 419 g/mol. The predicted octanol–water partition coefficient (Wildman–Crippen LogP) is 3.23. The van der Waals surface area contributed by atoms with Gasteiger partial charge in [-0.25, -0.2) is 8.78 Å². The van der Waals surface area contributed by atoms with E-state index in [1.165, 1.54) is 7.11 Å². The highest BCUT2D eigenvalue weighted by Gasteiger charge is 2.20. The summed E-state index contributed by atoms with van der Waals surface area (Å²) in [7, 11) is 1.23. The first-order valence-electron chi connectivity index (χ1n) is 4.58. The normalized spacial score (nSPS) is 10.7. The molecule has 0 saturated heterocycles. The molecule has 0 amide bonds. The van der Waals surface area contributed by atoms with E-state index in [1.807, 2.05) is 22.6 Å². The molecule has 7 heteroatoms. The Bertz CT molecular complexity index is 429. The molecule has 0 fully saturated rings. The molecular formula is C10H9BrF2INO2. The smallest absolute Gasteiger partial charge is 0.310 e. The number of esters is 1. The Labute approximate surface area is 119 Å². The van der Waals surface area contributed by atoms with Gasteiger partial charge in [0, 0.05) is 20.7 Å². The Hall–Kier alpha value is -0.310. The molecule has 1 heterocycles. The number of hydrogen-bond acceptors (Lipinski definition) is 3. The summed E-state index contributed by atoms with van der Waals surface area (Å²) in [6, 6.07) is 0. The van der Waals surface area contributed by atoms with Crippen molar-refractivity contribution >= 4 is 44.5 Å². The van der Waals surface area contributed by atoms with Gasteiger partial charge in [0.1, 0.15) is 0 Å². The lowest BCUT2D eigenvalue weighted by molar-refractivity contribution is -0.139. The molecular weight excluding hydrogens is 411 g/mol. The Morgan fingerprint density at radius 2 is 2.29 bits per heavy atom. The third kappa shape index (κ3) is 3.57. The van der Waals surface area contributed by atoms with Crippen molar-refractivity contribution in [3.8, 4) is 0 Å². The molecule has 1 aromatic rings. The van der Waals surface area contributed by atoms with E-state index in [0.29, 0.717) is 14.6 Å². The Morgan fingerprint density at radius 1 is 1.65 bits per heavy atom. The summed E-state index contributed by atoms with van der Waals surface area (Å²) >= 11 is 5.13. The van der Waals surface area contributed by atoms with Crippen molar-refractivity contribution < 1.29 is 18.3 Å². The number of ether oxygens (including phenoxy) is 1. The minimum absolute atomic E-state index is 0.170. The maximum absolute atomic E-state index is 12.8. The van der Waals surface area contributed by atoms with Crippen molar-refractivity contribution in [2.45, 2.75) is 18.2 Å². The Kier molecular flexibility index (Phi) is 5.71. The van der Waals surface area contributed by atoms with Gasteiger partial charge in [-0.3, -0.25) is 9.78 Å². The van der Waals surface area contributed by atoms with Gasteiger partial charge >= 0.3 is 5.97 Å². The summed E-state index contributed by atoms with van der Waals surface area (Å²) in [6.45, 7) is 0. The van der Waals surface area contributed by atoms with Gasteiger partial charge in [-0.2, -0.15) is 0 Å². The molecule has 0 radical (unpaired) electrons. The fraction of sp³-hybridized carbons (Fsp3) is 0.400. The molecule has 3 nitrogen and oxygen atoms in total. The van der Waals surface area contributed by atoms with Crippen molar-refractivity contribution in [1.82, 2.24) is 4.98 Å². The SMILES string of the molecule is COC(=O)Cc1c(C(F)F)cnc(CBr)c1I. The predicted molar refractivity (Wildman–Crippen MR) is 70.3 cm³/mol. The molecule has 0 N–H and O–H groups in total. The van der Waals surface area contributed by atoms with Crippen molar-refractivity contribution in [2.24, 2.45) is 0 Å². The van der Waals surface area contributed by atoms with Gasteiger partial charge in [-0.1, -0.05) is 15.9 Å². The van der Waals surface area contributed by atoms with Crippen LogP contribution >= 0.6 is 38.5 Å². The van der Waals surface area contributed by atoms with Crippen LogP contribution in [0.25, 0.3) is 0 Å². The maximum atomic E-state index is 12.8. The summed E-state index contributed by atoms with van der Waals surface area (Å²) in [5.41, 5.74) is 0.704. The molecule has 17 heavy (non-hydrogen) atoms. The van der Waals surface area contributed by atoms with Gasteiger partial charge in [-0.05, 0) is 28.2 Å². The minimum atomic E-state index is -2.65. The van der Waals surface area contributed by atoms with E-state index < -0.39 is 12.4 Å². The number of hydrogen-bond donors (Lipinski definition) is 0. The first kappa shape index (κ1) is 14.7. The number of carbonyl (C=O) groups is 1. The zero-order valence-electron chi connectivity index (χ0n) is 8.84. The van der Waals surface area contributed by atoms with E-state index in [9.17, 15) is 13.6 Å². The first-order valence-corrected chi connectivity index (χ1v) is 6.78. The summed E-state index contributed by atoms with van der Waals surface area (Å²) in [4.78, 5) is 15.1. The zero-order chi connectivity index (χ0) is 13.0. The van der Waals surface area contributed by atoms with Crippen LogP contribution in [0, 0.1) is 3.57 Å². The van der Waals surface area contributed by atoms with E-state index in [0.717, 1.165) is 6.20 Å². The molecule has 0 aliphatic heterocycles. The molecule has 0 spiro atoms. The number of rotatable bonds is 4. The minimum Gasteiger partial charge on any atom is -0.469 e. The second-order valence-corrected chi connectivity index (χ2v) is 4.78. The lowest BCUT2D eigenvalue weighted by atomic mass is 10.1. The van der Waals surface area contributed by atoms with Crippen LogP contribution in [0.5, 0.6) is 0 Å². The highest BCUT2D eigenvalue weighted by atomic mass is 127. The van der Waals surface area contributed by atoms with Gasteiger partial charge in [0.2, 0.25) is 0 Å². The lowest BCUT2D eigenvalue weighted by Crippen LogP contribution is -2.11. The summed E-state index contributed by atoms with van der Waals surface area (Å²) in [5, 5.41) is 0.447. The molecule has 0 aliphatic carbocycles. The third-order valence-corrected chi connectivity index (χ3v) is 3.94.